The summed E-state index contributed by atoms with van der Waals surface area (Å²) < 4.78 is 0. The maximum Gasteiger partial charge on any atom is 0.321 e. The Labute approximate surface area is 193 Å². The van der Waals surface area contributed by atoms with E-state index in [1.54, 1.807) is 6.33 Å². The Morgan fingerprint density at radius 1 is 0.909 bits per heavy atom. The van der Waals surface area contributed by atoms with Gasteiger partial charge in [-0.25, -0.2) is 19.7 Å². The number of fused-ring (bicyclic) bond motifs is 1. The van der Waals surface area contributed by atoms with E-state index in [2.05, 4.69) is 39.2 Å². The van der Waals surface area contributed by atoms with Crippen LogP contribution in [0.15, 0.2) is 67.0 Å². The first-order valence-electron chi connectivity index (χ1n) is 11.1. The van der Waals surface area contributed by atoms with Crippen molar-refractivity contribution >= 4 is 28.6 Å². The lowest BCUT2D eigenvalue weighted by Crippen LogP contribution is -2.50. The van der Waals surface area contributed by atoms with Crippen LogP contribution in [0.25, 0.3) is 22.3 Å². The van der Waals surface area contributed by atoms with Gasteiger partial charge < -0.3 is 15.1 Å². The molecule has 0 unspecified atom stereocenters. The Morgan fingerprint density at radius 3 is 2.52 bits per heavy atom. The Balaban J connectivity index is 1.34. The van der Waals surface area contributed by atoms with Crippen LogP contribution in [0.1, 0.15) is 11.1 Å². The molecule has 2 aromatic heterocycles. The molecular weight excluding hydrogens is 412 g/mol. The van der Waals surface area contributed by atoms with Crippen LogP contribution in [-0.4, -0.2) is 52.1 Å². The first kappa shape index (κ1) is 20.9. The maximum absolute atomic E-state index is 12.7. The van der Waals surface area contributed by atoms with E-state index in [9.17, 15) is 4.79 Å². The van der Waals surface area contributed by atoms with Gasteiger partial charge in [-0.2, -0.15) is 0 Å². The lowest BCUT2D eigenvalue weighted by atomic mass is 10.1. The molecule has 2 amide bonds. The van der Waals surface area contributed by atoms with Crippen molar-refractivity contribution < 1.29 is 4.79 Å². The molecule has 7 heteroatoms. The van der Waals surface area contributed by atoms with Crippen molar-refractivity contribution in [3.63, 3.8) is 0 Å². The Hall–Kier alpha value is -4.00. The number of carbonyl (C=O) groups excluding carboxylic acids is 1. The fraction of sp³-hybridized carbons (Fsp3) is 0.231. The number of nitrogens with one attached hydrogen (secondary N) is 1. The number of hydrogen-bond donors (Lipinski definition) is 1. The van der Waals surface area contributed by atoms with E-state index in [0.717, 1.165) is 39.4 Å². The van der Waals surface area contributed by atoms with Crippen LogP contribution in [0.4, 0.5) is 16.3 Å². The highest BCUT2D eigenvalue weighted by Crippen LogP contribution is 2.27. The van der Waals surface area contributed by atoms with Crippen molar-refractivity contribution in [1.82, 2.24) is 19.9 Å². The molecule has 0 aliphatic carbocycles. The Bertz CT molecular complexity index is 1310. The molecular formula is C26H26N6O. The van der Waals surface area contributed by atoms with Crippen molar-refractivity contribution in [3.05, 3.63) is 78.1 Å². The molecule has 1 N–H and O–H groups in total. The van der Waals surface area contributed by atoms with Gasteiger partial charge in [0.15, 0.2) is 5.82 Å². The minimum Gasteiger partial charge on any atom is -0.351 e. The molecule has 1 fully saturated rings. The van der Waals surface area contributed by atoms with Crippen molar-refractivity contribution in [2.75, 3.05) is 36.4 Å². The van der Waals surface area contributed by atoms with Crippen molar-refractivity contribution in [1.29, 1.82) is 0 Å². The number of piperazine rings is 1. The molecule has 3 heterocycles. The number of anilines is 2. The average Bonchev–Trinajstić information content (AvgIpc) is 2.84. The fourth-order valence-electron chi connectivity index (χ4n) is 4.22. The molecule has 1 aliphatic rings. The quantitative estimate of drug-likeness (QED) is 0.503. The third kappa shape index (κ3) is 4.35. The van der Waals surface area contributed by atoms with Gasteiger partial charge in [0.1, 0.15) is 11.8 Å². The molecule has 166 valence electrons. The molecule has 1 aliphatic heterocycles. The molecule has 0 spiro atoms. The summed E-state index contributed by atoms with van der Waals surface area (Å²) in [4.78, 5) is 30.7. The van der Waals surface area contributed by atoms with Gasteiger partial charge in [0.25, 0.3) is 0 Å². The molecule has 4 aromatic rings. The number of amides is 2. The van der Waals surface area contributed by atoms with E-state index in [1.807, 2.05) is 60.4 Å². The van der Waals surface area contributed by atoms with E-state index in [4.69, 9.17) is 4.98 Å². The van der Waals surface area contributed by atoms with E-state index in [0.29, 0.717) is 26.2 Å². The number of urea groups is 1. The molecule has 5 rings (SSSR count). The molecule has 0 atom stereocenters. The highest BCUT2D eigenvalue weighted by molar-refractivity contribution is 5.90. The molecule has 33 heavy (non-hydrogen) atoms. The first-order valence-corrected chi connectivity index (χ1v) is 11.1. The summed E-state index contributed by atoms with van der Waals surface area (Å²) in [5.74, 6) is 0.814. The summed E-state index contributed by atoms with van der Waals surface area (Å²) in [6, 6.07) is 20.0. The van der Waals surface area contributed by atoms with Gasteiger partial charge in [0, 0.05) is 37.4 Å². The van der Waals surface area contributed by atoms with Crippen molar-refractivity contribution in [2.45, 2.75) is 13.8 Å². The Morgan fingerprint density at radius 2 is 1.73 bits per heavy atom. The number of carbonyl (C=O) groups is 1. The van der Waals surface area contributed by atoms with E-state index >= 15 is 0 Å². The molecule has 0 bridgehead atoms. The van der Waals surface area contributed by atoms with Gasteiger partial charge in [-0.05, 0) is 49.2 Å². The second-order valence-electron chi connectivity index (χ2n) is 8.35. The molecule has 1 saturated heterocycles. The second-order valence-corrected chi connectivity index (χ2v) is 8.35. The summed E-state index contributed by atoms with van der Waals surface area (Å²) in [5, 5.41) is 3.00. The van der Waals surface area contributed by atoms with Crippen LogP contribution in [-0.2, 0) is 0 Å². The zero-order chi connectivity index (χ0) is 22.8. The number of aryl methyl sites for hydroxylation is 2. The molecule has 0 saturated carbocycles. The summed E-state index contributed by atoms with van der Waals surface area (Å²) in [7, 11) is 0. The SMILES string of the molecule is Cc1cccc(NC(=O)N2CCN(c3ncnc4ccc(-c5ccccc5C)nc34)CC2)c1. The minimum absolute atomic E-state index is 0.0761. The monoisotopic (exact) mass is 438 g/mol. The topological polar surface area (TPSA) is 74.2 Å². The van der Waals surface area contributed by atoms with Crippen molar-refractivity contribution in [3.8, 4) is 11.3 Å². The average molecular weight is 439 g/mol. The second kappa shape index (κ2) is 8.86. The predicted molar refractivity (Wildman–Crippen MR) is 131 cm³/mol. The third-order valence-electron chi connectivity index (χ3n) is 6.02. The Kier molecular flexibility index (Phi) is 5.60. The van der Waals surface area contributed by atoms with Gasteiger partial charge in [0.2, 0.25) is 0 Å². The normalized spacial score (nSPS) is 13.9. The molecule has 0 radical (unpaired) electrons. The minimum atomic E-state index is -0.0761. The van der Waals surface area contributed by atoms with Gasteiger partial charge >= 0.3 is 6.03 Å². The van der Waals surface area contributed by atoms with Gasteiger partial charge in [-0.1, -0.05) is 36.4 Å². The first-order chi connectivity index (χ1) is 16.1. The lowest BCUT2D eigenvalue weighted by molar-refractivity contribution is 0.208. The summed E-state index contributed by atoms with van der Waals surface area (Å²) in [5.41, 5.74) is 6.73. The van der Waals surface area contributed by atoms with E-state index in [-0.39, 0.29) is 6.03 Å². The number of benzene rings is 2. The van der Waals surface area contributed by atoms with E-state index in [1.165, 1.54) is 5.56 Å². The third-order valence-corrected chi connectivity index (χ3v) is 6.02. The largest absolute Gasteiger partial charge is 0.351 e. The van der Waals surface area contributed by atoms with E-state index < -0.39 is 0 Å². The summed E-state index contributed by atoms with van der Waals surface area (Å²) >= 11 is 0. The number of nitrogens with zero attached hydrogens (tertiary/aromatic N) is 5. The van der Waals surface area contributed by atoms with Crippen molar-refractivity contribution in [2.24, 2.45) is 0 Å². The van der Waals surface area contributed by atoms with Crippen LogP contribution in [0, 0.1) is 13.8 Å². The van der Waals surface area contributed by atoms with Gasteiger partial charge in [-0.3, -0.25) is 0 Å². The van der Waals surface area contributed by atoms with Crippen LogP contribution in [0.3, 0.4) is 0 Å². The maximum atomic E-state index is 12.7. The van der Waals surface area contributed by atoms with Gasteiger partial charge in [0.05, 0.1) is 11.2 Å². The highest BCUT2D eigenvalue weighted by atomic mass is 16.2. The van der Waals surface area contributed by atoms with Crippen LogP contribution >= 0.6 is 0 Å². The number of rotatable bonds is 3. The standard InChI is InChI=1S/C26H26N6O/c1-18-6-5-8-20(16-18)29-26(33)32-14-12-31(13-15-32)25-24-23(27-17-28-25)11-10-22(30-24)21-9-4-3-7-19(21)2/h3-11,16-17H,12-15H2,1-2H3,(H,29,33). The van der Waals surface area contributed by atoms with Gasteiger partial charge in [-0.15, -0.1) is 0 Å². The molecule has 7 nitrogen and oxygen atoms in total. The highest BCUT2D eigenvalue weighted by Gasteiger charge is 2.24. The summed E-state index contributed by atoms with van der Waals surface area (Å²) in [6.07, 6.45) is 1.59. The van der Waals surface area contributed by atoms with Crippen LogP contribution < -0.4 is 10.2 Å². The van der Waals surface area contributed by atoms with Crippen LogP contribution in [0.5, 0.6) is 0 Å². The number of aromatic nitrogens is 3. The predicted octanol–water partition coefficient (Wildman–Crippen LogP) is 4.66. The zero-order valence-electron chi connectivity index (χ0n) is 18.8. The summed E-state index contributed by atoms with van der Waals surface area (Å²) in [6.45, 7) is 6.69. The number of hydrogen-bond acceptors (Lipinski definition) is 5. The molecule has 2 aromatic carbocycles. The zero-order valence-corrected chi connectivity index (χ0v) is 18.8. The fourth-order valence-corrected chi connectivity index (χ4v) is 4.22. The lowest BCUT2D eigenvalue weighted by Gasteiger charge is -2.35. The smallest absolute Gasteiger partial charge is 0.321 e. The number of pyridine rings is 1. The van der Waals surface area contributed by atoms with Crippen LogP contribution in [0.2, 0.25) is 0 Å².